The van der Waals surface area contributed by atoms with Gasteiger partial charge in [-0.05, 0) is 18.9 Å². The molecule has 2 rings (SSSR count). The first-order chi connectivity index (χ1) is 8.96. The molecule has 0 spiro atoms. The predicted molar refractivity (Wildman–Crippen MR) is 75.5 cm³/mol. The Hall–Kier alpha value is -1.82. The van der Waals surface area contributed by atoms with Crippen LogP contribution in [-0.4, -0.2) is 24.0 Å². The van der Waals surface area contributed by atoms with Crippen LogP contribution in [0.4, 0.5) is 5.82 Å². The third-order valence-corrected chi connectivity index (χ3v) is 4.03. The number of hydrogen-bond acceptors (Lipinski definition) is 3. The van der Waals surface area contributed by atoms with Crippen molar-refractivity contribution in [2.45, 2.75) is 13.3 Å². The Bertz CT molecular complexity index is 648. The molecule has 5 nitrogen and oxygen atoms in total. The van der Waals surface area contributed by atoms with E-state index in [-0.39, 0.29) is 5.75 Å². The van der Waals surface area contributed by atoms with Crippen molar-refractivity contribution in [1.29, 1.82) is 0 Å². The molecule has 0 unspecified atom stereocenters. The Morgan fingerprint density at radius 3 is 2.53 bits per heavy atom. The van der Waals surface area contributed by atoms with Crippen LogP contribution >= 0.6 is 0 Å². The van der Waals surface area contributed by atoms with Crippen molar-refractivity contribution in [3.05, 3.63) is 47.7 Å². The minimum Gasteiger partial charge on any atom is -0.268 e. The quantitative estimate of drug-likeness (QED) is 0.906. The van der Waals surface area contributed by atoms with Crippen LogP contribution in [0.15, 0.2) is 36.4 Å². The normalized spacial score (nSPS) is 11.5. The fraction of sp³-hybridized carbons (Fsp3) is 0.308. The molecule has 1 aromatic heterocycles. The van der Waals surface area contributed by atoms with Gasteiger partial charge in [0.15, 0.2) is 0 Å². The van der Waals surface area contributed by atoms with E-state index < -0.39 is 10.0 Å². The summed E-state index contributed by atoms with van der Waals surface area (Å²) in [6.45, 7) is 1.82. The van der Waals surface area contributed by atoms with Crippen LogP contribution in [0.2, 0.25) is 0 Å². The second kappa shape index (κ2) is 5.44. The zero-order valence-corrected chi connectivity index (χ0v) is 11.8. The Morgan fingerprint density at radius 1 is 1.26 bits per heavy atom. The van der Waals surface area contributed by atoms with Crippen molar-refractivity contribution in [3.8, 4) is 0 Å². The van der Waals surface area contributed by atoms with E-state index >= 15 is 0 Å². The van der Waals surface area contributed by atoms with Gasteiger partial charge in [0.1, 0.15) is 5.82 Å². The molecule has 6 heteroatoms. The molecule has 0 atom stereocenters. The van der Waals surface area contributed by atoms with Gasteiger partial charge in [0, 0.05) is 13.1 Å². The summed E-state index contributed by atoms with van der Waals surface area (Å²) >= 11 is 0. The second-order valence-corrected chi connectivity index (χ2v) is 6.29. The zero-order chi connectivity index (χ0) is 13.9. The molecule has 0 aliphatic heterocycles. The molecule has 0 bridgehead atoms. The lowest BCUT2D eigenvalue weighted by atomic mass is 10.2. The van der Waals surface area contributed by atoms with Gasteiger partial charge in [-0.1, -0.05) is 30.3 Å². The molecule has 0 aliphatic carbocycles. The molecule has 0 amide bonds. The standard InChI is InChI=1S/C13H17N3O2S/c1-11-10-13(16(2)14-11)15-19(17,18)9-8-12-6-4-3-5-7-12/h3-7,10,15H,8-9H2,1-2H3. The highest BCUT2D eigenvalue weighted by atomic mass is 32.2. The largest absolute Gasteiger partial charge is 0.268 e. The van der Waals surface area contributed by atoms with Gasteiger partial charge in [-0.25, -0.2) is 8.42 Å². The second-order valence-electron chi connectivity index (χ2n) is 4.45. The molecule has 1 aromatic carbocycles. The van der Waals surface area contributed by atoms with E-state index in [2.05, 4.69) is 9.82 Å². The van der Waals surface area contributed by atoms with E-state index in [0.29, 0.717) is 12.2 Å². The highest BCUT2D eigenvalue weighted by Crippen LogP contribution is 2.11. The minimum atomic E-state index is -3.35. The summed E-state index contributed by atoms with van der Waals surface area (Å²) in [6, 6.07) is 11.3. The summed E-state index contributed by atoms with van der Waals surface area (Å²) in [5.41, 5.74) is 1.79. The van der Waals surface area contributed by atoms with Crippen LogP contribution in [0.3, 0.4) is 0 Å². The van der Waals surface area contributed by atoms with Crippen LogP contribution < -0.4 is 4.72 Å². The molecule has 2 aromatic rings. The minimum absolute atomic E-state index is 0.0568. The molecule has 0 saturated carbocycles. The smallest absolute Gasteiger partial charge is 0.234 e. The number of nitrogens with zero attached hydrogens (tertiary/aromatic N) is 2. The lowest BCUT2D eigenvalue weighted by Gasteiger charge is -2.07. The first-order valence-electron chi connectivity index (χ1n) is 6.01. The molecule has 0 fully saturated rings. The topological polar surface area (TPSA) is 64.0 Å². The van der Waals surface area contributed by atoms with E-state index in [1.54, 1.807) is 13.1 Å². The fourth-order valence-electron chi connectivity index (χ4n) is 1.81. The monoisotopic (exact) mass is 279 g/mol. The molecule has 102 valence electrons. The number of anilines is 1. The molecule has 19 heavy (non-hydrogen) atoms. The van der Waals surface area contributed by atoms with E-state index in [1.807, 2.05) is 37.3 Å². The lowest BCUT2D eigenvalue weighted by molar-refractivity contribution is 0.599. The third-order valence-electron chi connectivity index (χ3n) is 2.76. The van der Waals surface area contributed by atoms with Gasteiger partial charge in [-0.15, -0.1) is 0 Å². The van der Waals surface area contributed by atoms with E-state index in [4.69, 9.17) is 0 Å². The van der Waals surface area contributed by atoms with Crippen LogP contribution in [0.25, 0.3) is 0 Å². The van der Waals surface area contributed by atoms with Crippen LogP contribution in [0.5, 0.6) is 0 Å². The molecule has 0 aliphatic rings. The molecule has 0 radical (unpaired) electrons. The number of hydrogen-bond donors (Lipinski definition) is 1. The Balaban J connectivity index is 2.01. The van der Waals surface area contributed by atoms with Crippen molar-refractivity contribution >= 4 is 15.8 Å². The summed E-state index contributed by atoms with van der Waals surface area (Å²) < 4.78 is 28.0. The van der Waals surface area contributed by atoms with Gasteiger partial charge in [-0.2, -0.15) is 5.10 Å². The predicted octanol–water partition coefficient (Wildman–Crippen LogP) is 1.71. The summed E-state index contributed by atoms with van der Waals surface area (Å²) in [5.74, 6) is 0.548. The maximum Gasteiger partial charge on any atom is 0.234 e. The Morgan fingerprint density at radius 2 is 1.95 bits per heavy atom. The van der Waals surface area contributed by atoms with Crippen molar-refractivity contribution < 1.29 is 8.42 Å². The van der Waals surface area contributed by atoms with Crippen LogP contribution in [0.1, 0.15) is 11.3 Å². The average Bonchev–Trinajstić information content (AvgIpc) is 2.66. The molecular formula is C13H17N3O2S. The maximum atomic E-state index is 12.0. The van der Waals surface area contributed by atoms with Gasteiger partial charge in [0.2, 0.25) is 10.0 Å². The van der Waals surface area contributed by atoms with E-state index in [0.717, 1.165) is 11.3 Å². The van der Waals surface area contributed by atoms with Crippen LogP contribution in [-0.2, 0) is 23.5 Å². The third kappa shape index (κ3) is 3.82. The number of rotatable bonds is 5. The molecule has 1 heterocycles. The zero-order valence-electron chi connectivity index (χ0n) is 11.0. The van der Waals surface area contributed by atoms with Crippen molar-refractivity contribution in [2.75, 3.05) is 10.5 Å². The molecule has 0 saturated heterocycles. The van der Waals surface area contributed by atoms with E-state index in [9.17, 15) is 8.42 Å². The van der Waals surface area contributed by atoms with Crippen molar-refractivity contribution in [1.82, 2.24) is 9.78 Å². The SMILES string of the molecule is Cc1cc(NS(=O)(=O)CCc2ccccc2)n(C)n1. The molecular weight excluding hydrogens is 262 g/mol. The summed E-state index contributed by atoms with van der Waals surface area (Å²) in [5, 5.41) is 4.10. The van der Waals surface area contributed by atoms with Gasteiger partial charge in [-0.3, -0.25) is 9.40 Å². The summed E-state index contributed by atoms with van der Waals surface area (Å²) in [4.78, 5) is 0. The highest BCUT2D eigenvalue weighted by molar-refractivity contribution is 7.92. The number of nitrogens with one attached hydrogen (secondary N) is 1. The first-order valence-corrected chi connectivity index (χ1v) is 7.66. The summed E-state index contributed by atoms with van der Waals surface area (Å²) in [6.07, 6.45) is 0.493. The lowest BCUT2D eigenvalue weighted by Crippen LogP contribution is -2.19. The van der Waals surface area contributed by atoms with Gasteiger partial charge in [0.05, 0.1) is 11.4 Å². The van der Waals surface area contributed by atoms with E-state index in [1.165, 1.54) is 4.68 Å². The highest BCUT2D eigenvalue weighted by Gasteiger charge is 2.13. The van der Waals surface area contributed by atoms with Crippen LogP contribution in [0, 0.1) is 6.92 Å². The number of benzene rings is 1. The number of aromatic nitrogens is 2. The van der Waals surface area contributed by atoms with Crippen molar-refractivity contribution in [3.63, 3.8) is 0 Å². The Kier molecular flexibility index (Phi) is 3.90. The Labute approximate surface area is 113 Å². The summed E-state index contributed by atoms with van der Waals surface area (Å²) in [7, 11) is -1.64. The number of sulfonamides is 1. The number of aryl methyl sites for hydroxylation is 3. The first kappa shape index (κ1) is 13.6. The molecule has 1 N–H and O–H groups in total. The van der Waals surface area contributed by atoms with Crippen molar-refractivity contribution in [2.24, 2.45) is 7.05 Å². The van der Waals surface area contributed by atoms with Gasteiger partial charge < -0.3 is 0 Å². The van der Waals surface area contributed by atoms with Gasteiger partial charge >= 0.3 is 0 Å². The maximum absolute atomic E-state index is 12.0. The average molecular weight is 279 g/mol. The van der Waals surface area contributed by atoms with Gasteiger partial charge in [0.25, 0.3) is 0 Å². The fourth-order valence-corrected chi connectivity index (χ4v) is 2.93.